The first-order chi connectivity index (χ1) is 15.3. The normalized spacial score (nSPS) is 19.0. The highest BCUT2D eigenvalue weighted by molar-refractivity contribution is 5.80. The van der Waals surface area contributed by atoms with Crippen molar-refractivity contribution in [2.75, 3.05) is 66.3 Å². The number of methoxy groups -OCH3 is 1. The van der Waals surface area contributed by atoms with Crippen LogP contribution in [-0.2, 0) is 27.3 Å². The Morgan fingerprint density at radius 3 is 2.55 bits per heavy atom. The number of likely N-dealkylation sites (tertiary alicyclic amines) is 1. The molecule has 0 aliphatic carbocycles. The highest BCUT2D eigenvalue weighted by atomic mass is 16.5. The maximum Gasteiger partial charge on any atom is 0.194 e. The van der Waals surface area contributed by atoms with Crippen LogP contribution in [0.2, 0.25) is 0 Å². The summed E-state index contributed by atoms with van der Waals surface area (Å²) >= 11 is 0. The molecule has 2 aliphatic heterocycles. The predicted molar refractivity (Wildman–Crippen MR) is 124 cm³/mol. The molecule has 1 aromatic rings. The molecule has 2 aliphatic rings. The number of aliphatic imine (C=N–C) groups is 1. The number of hydrogen-bond acceptors (Lipinski definition) is 5. The van der Waals surface area contributed by atoms with Crippen LogP contribution in [0, 0.1) is 0 Å². The molecule has 0 saturated carbocycles. The van der Waals surface area contributed by atoms with Crippen LogP contribution in [0.5, 0.6) is 0 Å². The molecule has 174 valence electrons. The zero-order valence-corrected chi connectivity index (χ0v) is 19.4. The van der Waals surface area contributed by atoms with Gasteiger partial charge in [0, 0.05) is 59.6 Å². The highest BCUT2D eigenvalue weighted by Crippen LogP contribution is 2.17. The molecule has 2 saturated heterocycles. The number of benzene rings is 1. The fourth-order valence-corrected chi connectivity index (χ4v) is 4.14. The van der Waals surface area contributed by atoms with Gasteiger partial charge in [-0.3, -0.25) is 4.90 Å². The van der Waals surface area contributed by atoms with E-state index < -0.39 is 0 Å². The number of nitrogens with zero attached hydrogens (tertiary/aromatic N) is 3. The fraction of sp³-hybridized carbons (Fsp3) is 0.708. The molecule has 1 N–H and O–H groups in total. The van der Waals surface area contributed by atoms with Gasteiger partial charge in [0.15, 0.2) is 5.96 Å². The van der Waals surface area contributed by atoms with Crippen LogP contribution < -0.4 is 5.32 Å². The summed E-state index contributed by atoms with van der Waals surface area (Å²) in [7, 11) is 1.74. The van der Waals surface area contributed by atoms with Crippen molar-refractivity contribution in [3.63, 3.8) is 0 Å². The third-order valence-corrected chi connectivity index (χ3v) is 5.94. The van der Waals surface area contributed by atoms with Gasteiger partial charge < -0.3 is 24.4 Å². The van der Waals surface area contributed by atoms with Gasteiger partial charge in [-0.15, -0.1) is 0 Å². The summed E-state index contributed by atoms with van der Waals surface area (Å²) in [6.07, 6.45) is 3.41. The van der Waals surface area contributed by atoms with Crippen molar-refractivity contribution < 1.29 is 14.2 Å². The lowest BCUT2D eigenvalue weighted by atomic mass is 10.1. The first kappa shape index (κ1) is 24.0. The van der Waals surface area contributed by atoms with E-state index in [-0.39, 0.29) is 0 Å². The Morgan fingerprint density at radius 2 is 1.84 bits per heavy atom. The summed E-state index contributed by atoms with van der Waals surface area (Å²) in [6.45, 7) is 11.9. The molecule has 3 rings (SSSR count). The predicted octanol–water partition coefficient (Wildman–Crippen LogP) is 2.50. The van der Waals surface area contributed by atoms with E-state index >= 15 is 0 Å². The Balaban J connectivity index is 1.54. The lowest BCUT2D eigenvalue weighted by Gasteiger charge is -2.34. The van der Waals surface area contributed by atoms with E-state index in [0.29, 0.717) is 12.6 Å². The van der Waals surface area contributed by atoms with Gasteiger partial charge in [0.05, 0.1) is 25.9 Å². The molecule has 0 amide bonds. The van der Waals surface area contributed by atoms with Crippen LogP contribution in [0.1, 0.15) is 37.3 Å². The van der Waals surface area contributed by atoms with Gasteiger partial charge in [0.25, 0.3) is 0 Å². The zero-order chi connectivity index (χ0) is 21.7. The quantitative estimate of drug-likeness (QED) is 0.348. The number of rotatable bonds is 10. The lowest BCUT2D eigenvalue weighted by Crippen LogP contribution is -2.47. The fourth-order valence-electron chi connectivity index (χ4n) is 4.14. The molecule has 0 bridgehead atoms. The molecular formula is C24H40N4O3. The van der Waals surface area contributed by atoms with Gasteiger partial charge in [-0.2, -0.15) is 0 Å². The molecule has 1 aromatic carbocycles. The van der Waals surface area contributed by atoms with E-state index in [1.54, 1.807) is 7.11 Å². The second kappa shape index (κ2) is 13.7. The van der Waals surface area contributed by atoms with E-state index in [0.717, 1.165) is 90.9 Å². The Morgan fingerprint density at radius 1 is 1.10 bits per heavy atom. The molecule has 31 heavy (non-hydrogen) atoms. The lowest BCUT2D eigenvalue weighted by molar-refractivity contribution is 0.00990. The molecule has 0 radical (unpaired) electrons. The number of morpholine rings is 1. The maximum atomic E-state index is 6.01. The third-order valence-electron chi connectivity index (χ3n) is 5.94. The standard InChI is InChI=1S/C24H40N4O3/c1-3-25-24(28-11-9-23(10-12-28)31-16-6-15-29-2)26-19-21-7-4-5-8-22(21)20-27-13-17-30-18-14-27/h4-5,7-8,23H,3,6,9-20H2,1-2H3,(H,25,26). The summed E-state index contributed by atoms with van der Waals surface area (Å²) in [5.41, 5.74) is 2.67. The molecule has 0 spiro atoms. The number of piperidine rings is 1. The van der Waals surface area contributed by atoms with Crippen LogP contribution in [0.25, 0.3) is 0 Å². The van der Waals surface area contributed by atoms with Crippen molar-refractivity contribution in [2.45, 2.75) is 45.4 Å². The Labute approximate surface area is 187 Å². The molecule has 2 fully saturated rings. The van der Waals surface area contributed by atoms with E-state index in [9.17, 15) is 0 Å². The highest BCUT2D eigenvalue weighted by Gasteiger charge is 2.22. The van der Waals surface area contributed by atoms with Gasteiger partial charge in [-0.25, -0.2) is 4.99 Å². The van der Waals surface area contributed by atoms with E-state index in [1.165, 1.54) is 11.1 Å². The topological polar surface area (TPSA) is 58.6 Å². The SMILES string of the molecule is CCNC(=NCc1ccccc1CN1CCOCC1)N1CCC(OCCCOC)CC1. The maximum absolute atomic E-state index is 6.01. The third kappa shape index (κ3) is 8.07. The second-order valence-electron chi connectivity index (χ2n) is 8.23. The largest absolute Gasteiger partial charge is 0.385 e. The van der Waals surface area contributed by atoms with Gasteiger partial charge >= 0.3 is 0 Å². The van der Waals surface area contributed by atoms with Crippen molar-refractivity contribution in [3.8, 4) is 0 Å². The van der Waals surface area contributed by atoms with Crippen molar-refractivity contribution in [3.05, 3.63) is 35.4 Å². The van der Waals surface area contributed by atoms with Gasteiger partial charge in [0.2, 0.25) is 0 Å². The molecule has 2 heterocycles. The van der Waals surface area contributed by atoms with E-state index in [4.69, 9.17) is 19.2 Å². The van der Waals surface area contributed by atoms with Crippen molar-refractivity contribution in [2.24, 2.45) is 4.99 Å². The Hall–Kier alpha value is -1.67. The molecular weight excluding hydrogens is 392 g/mol. The summed E-state index contributed by atoms with van der Waals surface area (Å²) in [5.74, 6) is 1.02. The van der Waals surface area contributed by atoms with Crippen LogP contribution in [-0.4, -0.2) is 88.1 Å². The monoisotopic (exact) mass is 432 g/mol. The zero-order valence-electron chi connectivity index (χ0n) is 19.4. The van der Waals surface area contributed by atoms with Crippen LogP contribution in [0.15, 0.2) is 29.3 Å². The van der Waals surface area contributed by atoms with Crippen molar-refractivity contribution in [1.82, 2.24) is 15.1 Å². The minimum atomic E-state index is 0.352. The second-order valence-corrected chi connectivity index (χ2v) is 8.23. The summed E-state index contributed by atoms with van der Waals surface area (Å²) < 4.78 is 16.6. The van der Waals surface area contributed by atoms with Gasteiger partial charge in [-0.05, 0) is 37.3 Å². The first-order valence-corrected chi connectivity index (χ1v) is 11.8. The number of ether oxygens (including phenoxy) is 3. The summed E-state index contributed by atoms with van der Waals surface area (Å²) in [6, 6.07) is 8.70. The van der Waals surface area contributed by atoms with Crippen LogP contribution >= 0.6 is 0 Å². The molecule has 7 heteroatoms. The van der Waals surface area contributed by atoms with Crippen LogP contribution in [0.3, 0.4) is 0 Å². The first-order valence-electron chi connectivity index (χ1n) is 11.8. The minimum Gasteiger partial charge on any atom is -0.385 e. The Bertz CT molecular complexity index is 656. The van der Waals surface area contributed by atoms with Crippen molar-refractivity contribution in [1.29, 1.82) is 0 Å². The summed E-state index contributed by atoms with van der Waals surface area (Å²) in [4.78, 5) is 9.85. The minimum absolute atomic E-state index is 0.352. The number of nitrogens with one attached hydrogen (secondary N) is 1. The Kier molecular flexibility index (Phi) is 10.6. The number of hydrogen-bond donors (Lipinski definition) is 1. The van der Waals surface area contributed by atoms with Crippen LogP contribution in [0.4, 0.5) is 0 Å². The van der Waals surface area contributed by atoms with Gasteiger partial charge in [-0.1, -0.05) is 24.3 Å². The summed E-state index contributed by atoms with van der Waals surface area (Å²) in [5, 5.41) is 3.49. The van der Waals surface area contributed by atoms with Gasteiger partial charge in [0.1, 0.15) is 0 Å². The molecule has 0 aromatic heterocycles. The number of guanidine groups is 1. The van der Waals surface area contributed by atoms with E-state index in [2.05, 4.69) is 46.3 Å². The molecule has 0 unspecified atom stereocenters. The smallest absolute Gasteiger partial charge is 0.194 e. The molecule has 0 atom stereocenters. The van der Waals surface area contributed by atoms with E-state index in [1.807, 2.05) is 0 Å². The molecule has 7 nitrogen and oxygen atoms in total. The average Bonchev–Trinajstić information content (AvgIpc) is 2.81. The average molecular weight is 433 g/mol. The van der Waals surface area contributed by atoms with Crippen molar-refractivity contribution >= 4 is 5.96 Å².